The highest BCUT2D eigenvalue weighted by Gasteiger charge is 2.28. The molecule has 0 bridgehead atoms. The fraction of sp³-hybridized carbons (Fsp3) is 0.167. The Morgan fingerprint density at radius 3 is 3.00 bits per heavy atom. The Morgan fingerprint density at radius 2 is 2.26 bits per heavy atom. The maximum atomic E-state index is 12.4. The second-order valence-corrected chi connectivity index (χ2v) is 7.49. The van der Waals surface area contributed by atoms with Crippen LogP contribution in [0.4, 0.5) is 0 Å². The van der Waals surface area contributed by atoms with E-state index in [2.05, 4.69) is 26.2 Å². The van der Waals surface area contributed by atoms with Gasteiger partial charge in [-0.2, -0.15) is 0 Å². The lowest BCUT2D eigenvalue weighted by Crippen LogP contribution is -2.29. The Hall–Kier alpha value is -2.52. The van der Waals surface area contributed by atoms with Gasteiger partial charge in [0.2, 0.25) is 5.91 Å². The lowest BCUT2D eigenvalue weighted by molar-refractivity contribution is -0.121. The van der Waals surface area contributed by atoms with E-state index >= 15 is 0 Å². The van der Waals surface area contributed by atoms with Crippen LogP contribution < -0.4 is 5.32 Å². The zero-order valence-electron chi connectivity index (χ0n) is 14.3. The van der Waals surface area contributed by atoms with E-state index in [1.165, 1.54) is 17.0 Å². The first-order valence-electron chi connectivity index (χ1n) is 7.93. The van der Waals surface area contributed by atoms with E-state index in [-0.39, 0.29) is 29.0 Å². The minimum absolute atomic E-state index is 0.0507. The number of thioether (sulfide) groups is 1. The Morgan fingerprint density at radius 1 is 1.44 bits per heavy atom. The van der Waals surface area contributed by atoms with Crippen LogP contribution >= 0.6 is 27.7 Å². The quantitative estimate of drug-likeness (QED) is 0.684. The molecule has 1 aromatic carbocycles. The number of nitrogens with one attached hydrogen (secondary N) is 1. The van der Waals surface area contributed by atoms with Crippen LogP contribution in [0.15, 0.2) is 56.2 Å². The normalized spacial score (nSPS) is 15.3. The van der Waals surface area contributed by atoms with Crippen molar-refractivity contribution in [3.8, 4) is 5.75 Å². The molecule has 0 fully saturated rings. The van der Waals surface area contributed by atoms with Gasteiger partial charge < -0.3 is 14.8 Å². The van der Waals surface area contributed by atoms with Gasteiger partial charge in [0.25, 0.3) is 5.91 Å². The van der Waals surface area contributed by atoms with E-state index in [0.717, 1.165) is 16.2 Å². The molecule has 9 heteroatoms. The van der Waals surface area contributed by atoms with Crippen molar-refractivity contribution in [3.05, 3.63) is 58.1 Å². The molecule has 3 rings (SSSR count). The Balaban J connectivity index is 1.64. The van der Waals surface area contributed by atoms with Crippen LogP contribution in [0.5, 0.6) is 5.75 Å². The number of nitrogens with zero attached hydrogens (tertiary/aromatic N) is 2. The first kappa shape index (κ1) is 19.2. The second-order valence-electron chi connectivity index (χ2n) is 5.64. The summed E-state index contributed by atoms with van der Waals surface area (Å²) < 4.78 is 5.93. The maximum absolute atomic E-state index is 12.4. The number of hydrogen-bond acceptors (Lipinski definition) is 6. The summed E-state index contributed by atoms with van der Waals surface area (Å²) in [6, 6.07) is 8.45. The molecular weight excluding hydrogens is 434 g/mol. The van der Waals surface area contributed by atoms with Crippen molar-refractivity contribution in [1.82, 2.24) is 10.2 Å². The topological polar surface area (TPSA) is 95.1 Å². The summed E-state index contributed by atoms with van der Waals surface area (Å²) in [5, 5.41) is 13.1. The number of aliphatic imine (C=N–C) groups is 1. The highest BCUT2D eigenvalue weighted by Crippen LogP contribution is 2.27. The van der Waals surface area contributed by atoms with E-state index in [1.54, 1.807) is 37.6 Å². The van der Waals surface area contributed by atoms with Gasteiger partial charge in [-0.15, -0.1) is 0 Å². The smallest absolute Gasteiger partial charge is 0.278 e. The van der Waals surface area contributed by atoms with Crippen molar-refractivity contribution in [2.45, 2.75) is 6.54 Å². The van der Waals surface area contributed by atoms with Crippen molar-refractivity contribution in [2.24, 2.45) is 4.99 Å². The molecule has 2 aromatic rings. The van der Waals surface area contributed by atoms with Gasteiger partial charge in [0.15, 0.2) is 5.17 Å². The summed E-state index contributed by atoms with van der Waals surface area (Å²) in [6.45, 7) is 0.307. The molecule has 2 amide bonds. The molecule has 0 aliphatic carbocycles. The van der Waals surface area contributed by atoms with E-state index in [4.69, 9.17) is 4.42 Å². The van der Waals surface area contributed by atoms with Gasteiger partial charge in [0, 0.05) is 17.1 Å². The highest BCUT2D eigenvalue weighted by atomic mass is 79.9. The number of phenolic OH excluding ortho intramolecular Hbond substituents is 1. The molecule has 1 aliphatic rings. The highest BCUT2D eigenvalue weighted by molar-refractivity contribution is 9.10. The average molecular weight is 450 g/mol. The Bertz CT molecular complexity index is 925. The minimum atomic E-state index is -0.298. The van der Waals surface area contributed by atoms with E-state index in [9.17, 15) is 14.7 Å². The number of aromatic hydroxyl groups is 1. The third-order valence-electron chi connectivity index (χ3n) is 3.68. The third kappa shape index (κ3) is 4.81. The summed E-state index contributed by atoms with van der Waals surface area (Å²) in [6.07, 6.45) is 3.06. The van der Waals surface area contributed by atoms with Crippen molar-refractivity contribution < 1.29 is 19.1 Å². The number of hydrogen-bond donors (Lipinski definition) is 2. The molecule has 140 valence electrons. The maximum Gasteiger partial charge on any atom is 0.278 e. The van der Waals surface area contributed by atoms with Gasteiger partial charge in [-0.1, -0.05) is 27.7 Å². The molecule has 2 heterocycles. The molecule has 0 saturated heterocycles. The van der Waals surface area contributed by atoms with Crippen molar-refractivity contribution >= 4 is 50.7 Å². The molecule has 0 atom stereocenters. The Labute approximate surface area is 168 Å². The first-order valence-corrected chi connectivity index (χ1v) is 9.71. The fourth-order valence-electron chi connectivity index (χ4n) is 2.28. The number of rotatable bonds is 5. The van der Waals surface area contributed by atoms with E-state index in [1.807, 2.05) is 0 Å². The van der Waals surface area contributed by atoms with Gasteiger partial charge in [-0.3, -0.25) is 14.5 Å². The van der Waals surface area contributed by atoms with Crippen LogP contribution in [0.25, 0.3) is 6.08 Å². The largest absolute Gasteiger partial charge is 0.507 e. The van der Waals surface area contributed by atoms with Crippen LogP contribution in [-0.4, -0.2) is 39.8 Å². The zero-order valence-corrected chi connectivity index (χ0v) is 16.7. The molecule has 0 radical (unpaired) electrons. The molecule has 27 heavy (non-hydrogen) atoms. The number of carbonyl (C=O) groups excluding carboxylic acids is 2. The standard InChI is InChI=1S/C18H16BrN3O4S/c1-22-17(25)14(8-11-7-12(19)4-5-15(11)23)21-18(22)27-10-16(24)20-9-13-3-2-6-26-13/h2-8,23H,9-10H2,1H3,(H,20,24)/b14-8+. The SMILES string of the molecule is CN1C(=O)/C(=C\c2cc(Br)ccc2O)N=C1SCC(=O)NCc1ccco1. The Kier molecular flexibility index (Phi) is 6.02. The fourth-order valence-corrected chi connectivity index (χ4v) is 3.46. The molecule has 1 aromatic heterocycles. The zero-order chi connectivity index (χ0) is 19.4. The summed E-state index contributed by atoms with van der Waals surface area (Å²) >= 11 is 4.49. The number of phenols is 1. The second kappa shape index (κ2) is 8.45. The molecular formula is C18H16BrN3O4S. The van der Waals surface area contributed by atoms with Crippen molar-refractivity contribution in [3.63, 3.8) is 0 Å². The first-order chi connectivity index (χ1) is 12.9. The average Bonchev–Trinajstić information content (AvgIpc) is 3.25. The molecule has 0 saturated carbocycles. The monoisotopic (exact) mass is 449 g/mol. The number of carbonyl (C=O) groups is 2. The van der Waals surface area contributed by atoms with Gasteiger partial charge >= 0.3 is 0 Å². The summed E-state index contributed by atoms with van der Waals surface area (Å²) in [5.74, 6) is 0.342. The van der Waals surface area contributed by atoms with Crippen LogP contribution in [0.1, 0.15) is 11.3 Å². The van der Waals surface area contributed by atoms with Crippen LogP contribution in [0.3, 0.4) is 0 Å². The number of likely N-dealkylation sites (N-methyl/N-ethyl adjacent to an activating group) is 1. The number of halogens is 1. The lowest BCUT2D eigenvalue weighted by Gasteiger charge is -2.10. The predicted molar refractivity (Wildman–Crippen MR) is 107 cm³/mol. The number of benzene rings is 1. The molecule has 1 aliphatic heterocycles. The number of furan rings is 1. The summed E-state index contributed by atoms with van der Waals surface area (Å²) in [7, 11) is 1.59. The number of amides is 2. The van der Waals surface area contributed by atoms with E-state index in [0.29, 0.717) is 23.0 Å². The summed E-state index contributed by atoms with van der Waals surface area (Å²) in [4.78, 5) is 30.0. The molecule has 2 N–H and O–H groups in total. The van der Waals surface area contributed by atoms with Crippen LogP contribution in [0, 0.1) is 0 Å². The molecule has 7 nitrogen and oxygen atoms in total. The number of amidine groups is 1. The lowest BCUT2D eigenvalue weighted by atomic mass is 10.1. The van der Waals surface area contributed by atoms with Gasteiger partial charge in [0.1, 0.15) is 17.2 Å². The van der Waals surface area contributed by atoms with Gasteiger partial charge in [-0.25, -0.2) is 4.99 Å². The van der Waals surface area contributed by atoms with Gasteiger partial charge in [0.05, 0.1) is 18.6 Å². The van der Waals surface area contributed by atoms with Crippen LogP contribution in [-0.2, 0) is 16.1 Å². The molecule has 0 spiro atoms. The van der Waals surface area contributed by atoms with Gasteiger partial charge in [-0.05, 0) is 36.4 Å². The summed E-state index contributed by atoms with van der Waals surface area (Å²) in [5.41, 5.74) is 0.678. The predicted octanol–water partition coefficient (Wildman–Crippen LogP) is 2.97. The minimum Gasteiger partial charge on any atom is -0.507 e. The third-order valence-corrected chi connectivity index (χ3v) is 5.20. The van der Waals surface area contributed by atoms with E-state index < -0.39 is 0 Å². The van der Waals surface area contributed by atoms with Crippen LogP contribution in [0.2, 0.25) is 0 Å². The van der Waals surface area contributed by atoms with Crippen molar-refractivity contribution in [2.75, 3.05) is 12.8 Å². The van der Waals surface area contributed by atoms with Crippen molar-refractivity contribution in [1.29, 1.82) is 0 Å². The molecule has 0 unspecified atom stereocenters.